The smallest absolute Gasteiger partial charge is 0.00670 e. The van der Waals surface area contributed by atoms with Crippen molar-refractivity contribution >= 4 is 13.8 Å². The topological polar surface area (TPSA) is 0 Å². The van der Waals surface area contributed by atoms with E-state index in [1.54, 1.807) is 5.30 Å². The predicted molar refractivity (Wildman–Crippen MR) is 124 cm³/mol. The molecular formula is C25H39P. The lowest BCUT2D eigenvalue weighted by Gasteiger charge is -2.14. The van der Waals surface area contributed by atoms with Gasteiger partial charge in [-0.3, -0.25) is 0 Å². The summed E-state index contributed by atoms with van der Waals surface area (Å²) in [5.74, 6) is 0.575. The van der Waals surface area contributed by atoms with Gasteiger partial charge in [0.25, 0.3) is 0 Å². The van der Waals surface area contributed by atoms with Crippen molar-refractivity contribution < 1.29 is 0 Å². The summed E-state index contributed by atoms with van der Waals surface area (Å²) in [5, 5.41) is 3.11. The molecule has 0 radical (unpaired) electrons. The molecule has 0 spiro atoms. The van der Waals surface area contributed by atoms with Gasteiger partial charge in [0.05, 0.1) is 0 Å². The van der Waals surface area contributed by atoms with E-state index in [2.05, 4.69) is 80.2 Å². The van der Waals surface area contributed by atoms with Gasteiger partial charge in [0.2, 0.25) is 0 Å². The highest BCUT2D eigenvalue weighted by Gasteiger charge is 2.12. The van der Waals surface area contributed by atoms with Crippen LogP contribution in [0.1, 0.15) is 82.5 Å². The standard InChI is InChI=1S/C25H39P/c1-10-13-22(11-2)23(14-17(4)5)16-18(6)15-19(7)25-20(8)24(12-3)26-21(25)9/h11,14-15,17,26H,7,10,12-13,16H2,1-6,8-9H3/b18-15-,22-11+,23-14+. The Labute approximate surface area is 164 Å². The van der Waals surface area contributed by atoms with Gasteiger partial charge in [-0.1, -0.05) is 64.5 Å². The molecule has 1 aromatic rings. The highest BCUT2D eigenvalue weighted by atomic mass is 31.0. The number of rotatable bonds is 9. The molecule has 0 aliphatic rings. The van der Waals surface area contributed by atoms with Crippen LogP contribution in [0.5, 0.6) is 0 Å². The molecule has 0 bridgehead atoms. The van der Waals surface area contributed by atoms with Crippen molar-refractivity contribution in [2.24, 2.45) is 5.92 Å². The molecule has 0 nitrogen and oxygen atoms in total. The van der Waals surface area contributed by atoms with Gasteiger partial charge >= 0.3 is 0 Å². The van der Waals surface area contributed by atoms with Crippen molar-refractivity contribution in [3.05, 3.63) is 63.2 Å². The van der Waals surface area contributed by atoms with Crippen LogP contribution in [0.4, 0.5) is 0 Å². The van der Waals surface area contributed by atoms with Gasteiger partial charge in [0.1, 0.15) is 0 Å². The summed E-state index contributed by atoms with van der Waals surface area (Å²) in [6.07, 6.45) is 11.6. The number of allylic oxidation sites excluding steroid dienone is 7. The first kappa shape index (κ1) is 22.8. The normalized spacial score (nSPS) is 14.0. The van der Waals surface area contributed by atoms with Crippen molar-refractivity contribution in [1.82, 2.24) is 0 Å². The van der Waals surface area contributed by atoms with Crippen LogP contribution in [0.2, 0.25) is 0 Å². The van der Waals surface area contributed by atoms with Gasteiger partial charge in [0.15, 0.2) is 0 Å². The van der Waals surface area contributed by atoms with Crippen LogP contribution in [0.3, 0.4) is 0 Å². The zero-order valence-electron chi connectivity index (χ0n) is 18.3. The van der Waals surface area contributed by atoms with Gasteiger partial charge in [-0.05, 0) is 91.3 Å². The van der Waals surface area contributed by atoms with Crippen molar-refractivity contribution in [1.29, 1.82) is 0 Å². The maximum atomic E-state index is 4.42. The highest BCUT2D eigenvalue weighted by molar-refractivity contribution is 7.32. The second-order valence-corrected chi connectivity index (χ2v) is 9.38. The molecule has 1 heterocycles. The molecule has 0 aliphatic heterocycles. The maximum Gasteiger partial charge on any atom is -0.00670 e. The van der Waals surface area contributed by atoms with E-state index in [9.17, 15) is 0 Å². The molecule has 1 atom stereocenters. The maximum absolute atomic E-state index is 4.42. The van der Waals surface area contributed by atoms with Gasteiger partial charge in [0, 0.05) is 0 Å². The van der Waals surface area contributed by atoms with Gasteiger partial charge in [-0.25, -0.2) is 0 Å². The molecule has 0 aliphatic carbocycles. The first-order valence-electron chi connectivity index (χ1n) is 10.2. The molecule has 26 heavy (non-hydrogen) atoms. The fourth-order valence-corrected chi connectivity index (χ4v) is 5.23. The molecule has 1 heteroatoms. The van der Waals surface area contributed by atoms with Crippen molar-refractivity contribution in [3.63, 3.8) is 0 Å². The average Bonchev–Trinajstić information content (AvgIpc) is 2.85. The molecule has 1 unspecified atom stereocenters. The third-order valence-electron chi connectivity index (χ3n) is 4.92. The number of hydrogen-bond acceptors (Lipinski definition) is 0. The molecule has 0 saturated heterocycles. The summed E-state index contributed by atoms with van der Waals surface area (Å²) in [6.45, 7) is 22.5. The zero-order valence-corrected chi connectivity index (χ0v) is 19.3. The second-order valence-electron chi connectivity index (χ2n) is 7.77. The quantitative estimate of drug-likeness (QED) is 0.382. The summed E-state index contributed by atoms with van der Waals surface area (Å²) < 4.78 is 0. The van der Waals surface area contributed by atoms with Crippen LogP contribution < -0.4 is 0 Å². The third kappa shape index (κ3) is 6.17. The minimum Gasteiger partial charge on any atom is -0.133 e. The molecule has 0 aromatic carbocycles. The first-order chi connectivity index (χ1) is 12.2. The Morgan fingerprint density at radius 1 is 1.15 bits per heavy atom. The SMILES string of the molecule is C=C(/C=C(/C)CC(=C\C(C)C)/C(=C/C)CCC)c1c(C)[pH]c(CC)c1C. The molecule has 1 rings (SSSR count). The Morgan fingerprint density at radius 2 is 1.81 bits per heavy atom. The van der Waals surface area contributed by atoms with E-state index in [4.69, 9.17) is 0 Å². The molecule has 0 fully saturated rings. The van der Waals surface area contributed by atoms with Crippen LogP contribution in [0.25, 0.3) is 5.57 Å². The largest absolute Gasteiger partial charge is 0.133 e. The summed E-state index contributed by atoms with van der Waals surface area (Å²) in [7, 11) is 0.861. The Balaban J connectivity index is 3.11. The van der Waals surface area contributed by atoms with Gasteiger partial charge < -0.3 is 0 Å². The Hall–Kier alpha value is -1.26. The van der Waals surface area contributed by atoms with Gasteiger partial charge in [-0.15, -0.1) is 8.19 Å². The lowest BCUT2D eigenvalue weighted by molar-refractivity contribution is 0.806. The van der Waals surface area contributed by atoms with Crippen LogP contribution in [0, 0.1) is 19.8 Å². The molecule has 0 N–H and O–H groups in total. The van der Waals surface area contributed by atoms with E-state index < -0.39 is 0 Å². The Bertz CT molecular complexity index is 705. The summed E-state index contributed by atoms with van der Waals surface area (Å²) in [5.41, 5.74) is 8.46. The number of aryl methyl sites for hydroxylation is 2. The van der Waals surface area contributed by atoms with Crippen LogP contribution in [-0.4, -0.2) is 0 Å². The zero-order chi connectivity index (χ0) is 19.9. The minimum atomic E-state index is 0.575. The fraction of sp³-hybridized carbons (Fsp3) is 0.520. The van der Waals surface area contributed by atoms with E-state index in [0.717, 1.165) is 27.5 Å². The summed E-state index contributed by atoms with van der Waals surface area (Å²) in [6, 6.07) is 0. The molecule has 144 valence electrons. The van der Waals surface area contributed by atoms with Crippen molar-refractivity contribution in [2.45, 2.75) is 81.1 Å². The minimum absolute atomic E-state index is 0.575. The Morgan fingerprint density at radius 3 is 2.27 bits per heavy atom. The fourth-order valence-electron chi connectivity index (χ4n) is 3.81. The van der Waals surface area contributed by atoms with Crippen LogP contribution >= 0.6 is 8.19 Å². The highest BCUT2D eigenvalue weighted by Crippen LogP contribution is 2.37. The monoisotopic (exact) mass is 370 g/mol. The number of hydrogen-bond donors (Lipinski definition) is 0. The molecule has 1 aromatic heterocycles. The van der Waals surface area contributed by atoms with Crippen LogP contribution in [-0.2, 0) is 6.42 Å². The van der Waals surface area contributed by atoms with Crippen LogP contribution in [0.15, 0.2) is 41.5 Å². The first-order valence-corrected chi connectivity index (χ1v) is 11.2. The lowest BCUT2D eigenvalue weighted by atomic mass is 9.91. The van der Waals surface area contributed by atoms with E-state index in [1.807, 2.05) is 0 Å². The second kappa shape index (κ2) is 10.8. The van der Waals surface area contributed by atoms with Gasteiger partial charge in [-0.2, -0.15) is 0 Å². The summed E-state index contributed by atoms with van der Waals surface area (Å²) in [4.78, 5) is 0. The van der Waals surface area contributed by atoms with E-state index in [0.29, 0.717) is 5.92 Å². The molecule has 0 amide bonds. The van der Waals surface area contributed by atoms with E-state index in [-0.39, 0.29) is 0 Å². The Kier molecular flexibility index (Phi) is 9.45. The summed E-state index contributed by atoms with van der Waals surface area (Å²) >= 11 is 0. The van der Waals surface area contributed by atoms with E-state index in [1.165, 1.54) is 45.1 Å². The lowest BCUT2D eigenvalue weighted by Crippen LogP contribution is -1.96. The van der Waals surface area contributed by atoms with Crippen molar-refractivity contribution in [3.8, 4) is 0 Å². The van der Waals surface area contributed by atoms with Crippen molar-refractivity contribution in [2.75, 3.05) is 0 Å². The average molecular weight is 371 g/mol. The van der Waals surface area contributed by atoms with E-state index >= 15 is 0 Å². The molecule has 0 saturated carbocycles. The molecular weight excluding hydrogens is 331 g/mol. The predicted octanol–water partition coefficient (Wildman–Crippen LogP) is 8.58. The third-order valence-corrected chi connectivity index (χ3v) is 6.58.